The van der Waals surface area contributed by atoms with Crippen molar-refractivity contribution in [1.29, 1.82) is 0 Å². The summed E-state index contributed by atoms with van der Waals surface area (Å²) in [4.78, 5) is 0. The van der Waals surface area contributed by atoms with Gasteiger partial charge in [-0.2, -0.15) is 13.2 Å². The van der Waals surface area contributed by atoms with Crippen LogP contribution in [0.4, 0.5) is 17.6 Å². The Morgan fingerprint density at radius 1 is 1.05 bits per heavy atom. The number of rotatable bonds is 2. The highest BCUT2D eigenvalue weighted by Crippen LogP contribution is 2.35. The SMILES string of the molecule is CC1CCC(c2ccc(C=C(F)C(F)(F)F)cc2)CC1. The number of halogens is 4. The highest BCUT2D eigenvalue weighted by Gasteiger charge is 2.34. The second-order valence-electron chi connectivity index (χ2n) is 5.61. The van der Waals surface area contributed by atoms with E-state index in [1.807, 2.05) is 12.1 Å². The molecule has 1 aromatic rings. The molecule has 4 heteroatoms. The van der Waals surface area contributed by atoms with Crippen molar-refractivity contribution >= 4 is 6.08 Å². The maximum atomic E-state index is 12.8. The molecule has 1 aromatic carbocycles. The van der Waals surface area contributed by atoms with Gasteiger partial charge >= 0.3 is 6.18 Å². The van der Waals surface area contributed by atoms with E-state index >= 15 is 0 Å². The van der Waals surface area contributed by atoms with E-state index in [2.05, 4.69) is 6.92 Å². The van der Waals surface area contributed by atoms with Gasteiger partial charge < -0.3 is 0 Å². The Bertz CT molecular complexity index is 462. The molecule has 0 nitrogen and oxygen atoms in total. The minimum Gasteiger partial charge on any atom is -0.202 e. The Morgan fingerprint density at radius 3 is 2.10 bits per heavy atom. The minimum atomic E-state index is -4.90. The molecule has 0 unspecified atom stereocenters. The van der Waals surface area contributed by atoms with Crippen LogP contribution >= 0.6 is 0 Å². The maximum absolute atomic E-state index is 12.8. The van der Waals surface area contributed by atoms with Crippen LogP contribution in [0.25, 0.3) is 6.08 Å². The van der Waals surface area contributed by atoms with Crippen LogP contribution in [0.15, 0.2) is 30.1 Å². The Morgan fingerprint density at radius 2 is 1.60 bits per heavy atom. The topological polar surface area (TPSA) is 0 Å². The van der Waals surface area contributed by atoms with Gasteiger partial charge in [-0.15, -0.1) is 0 Å². The van der Waals surface area contributed by atoms with Crippen molar-refractivity contribution in [2.24, 2.45) is 5.92 Å². The number of alkyl halides is 3. The Balaban J connectivity index is 2.07. The van der Waals surface area contributed by atoms with Gasteiger partial charge in [-0.3, -0.25) is 0 Å². The Hall–Kier alpha value is -1.32. The predicted octanol–water partition coefficient (Wildman–Crippen LogP) is 5.85. The van der Waals surface area contributed by atoms with Gasteiger partial charge in [0.2, 0.25) is 5.83 Å². The van der Waals surface area contributed by atoms with Crippen molar-refractivity contribution in [2.75, 3.05) is 0 Å². The molecule has 1 saturated carbocycles. The van der Waals surface area contributed by atoms with E-state index in [1.54, 1.807) is 12.1 Å². The second-order valence-corrected chi connectivity index (χ2v) is 5.61. The Kier molecular flexibility index (Phi) is 4.51. The van der Waals surface area contributed by atoms with Crippen molar-refractivity contribution in [3.63, 3.8) is 0 Å². The van der Waals surface area contributed by atoms with E-state index < -0.39 is 12.0 Å². The van der Waals surface area contributed by atoms with Crippen LogP contribution in [0.2, 0.25) is 0 Å². The van der Waals surface area contributed by atoms with Crippen molar-refractivity contribution in [1.82, 2.24) is 0 Å². The molecular weight excluding hydrogens is 268 g/mol. The van der Waals surface area contributed by atoms with Gasteiger partial charge in [-0.1, -0.05) is 44.0 Å². The number of hydrogen-bond donors (Lipinski definition) is 0. The fourth-order valence-corrected chi connectivity index (χ4v) is 2.69. The molecular formula is C16H18F4. The molecule has 110 valence electrons. The highest BCUT2D eigenvalue weighted by atomic mass is 19.4. The zero-order chi connectivity index (χ0) is 14.8. The van der Waals surface area contributed by atoms with Gasteiger partial charge in [-0.05, 0) is 41.9 Å². The molecule has 0 N–H and O–H groups in total. The molecule has 1 aliphatic rings. The van der Waals surface area contributed by atoms with E-state index in [0.717, 1.165) is 24.3 Å². The van der Waals surface area contributed by atoms with Gasteiger partial charge in [-0.25, -0.2) is 4.39 Å². The van der Waals surface area contributed by atoms with Crippen LogP contribution in [-0.4, -0.2) is 6.18 Å². The molecule has 0 amide bonds. The van der Waals surface area contributed by atoms with E-state index in [0.29, 0.717) is 12.0 Å². The number of hydrogen-bond acceptors (Lipinski definition) is 0. The predicted molar refractivity (Wildman–Crippen MR) is 72.0 cm³/mol. The molecule has 0 spiro atoms. The molecule has 2 rings (SSSR count). The van der Waals surface area contributed by atoms with Crippen LogP contribution in [0, 0.1) is 5.92 Å². The molecule has 1 fully saturated rings. The molecule has 0 atom stereocenters. The van der Waals surface area contributed by atoms with E-state index in [9.17, 15) is 17.6 Å². The van der Waals surface area contributed by atoms with Crippen LogP contribution in [-0.2, 0) is 0 Å². The molecule has 0 radical (unpaired) electrons. The van der Waals surface area contributed by atoms with Crippen LogP contribution in [0.1, 0.15) is 49.7 Å². The zero-order valence-corrected chi connectivity index (χ0v) is 11.4. The summed E-state index contributed by atoms with van der Waals surface area (Å²) >= 11 is 0. The monoisotopic (exact) mass is 286 g/mol. The lowest BCUT2D eigenvalue weighted by atomic mass is 9.79. The third-order valence-corrected chi connectivity index (χ3v) is 3.99. The summed E-state index contributed by atoms with van der Waals surface area (Å²) in [5.41, 5.74) is 1.38. The van der Waals surface area contributed by atoms with E-state index in [4.69, 9.17) is 0 Å². The van der Waals surface area contributed by atoms with Gasteiger partial charge in [0, 0.05) is 0 Å². The quantitative estimate of drug-likeness (QED) is 0.598. The fraction of sp³-hybridized carbons (Fsp3) is 0.500. The third-order valence-electron chi connectivity index (χ3n) is 3.99. The first-order valence-electron chi connectivity index (χ1n) is 6.90. The summed E-state index contributed by atoms with van der Waals surface area (Å²) in [5, 5.41) is 0. The lowest BCUT2D eigenvalue weighted by Crippen LogP contribution is -2.10. The third kappa shape index (κ3) is 3.84. The van der Waals surface area contributed by atoms with Gasteiger partial charge in [0.1, 0.15) is 0 Å². The minimum absolute atomic E-state index is 0.243. The first-order valence-corrected chi connectivity index (χ1v) is 6.90. The summed E-state index contributed by atoms with van der Waals surface area (Å²) in [6.07, 6.45) is 0.246. The lowest BCUT2D eigenvalue weighted by molar-refractivity contribution is -0.107. The summed E-state index contributed by atoms with van der Waals surface area (Å²) < 4.78 is 49.1. The van der Waals surface area contributed by atoms with Crippen LogP contribution < -0.4 is 0 Å². The van der Waals surface area contributed by atoms with E-state index in [1.165, 1.54) is 12.8 Å². The molecule has 0 heterocycles. The number of benzene rings is 1. The lowest BCUT2D eigenvalue weighted by Gasteiger charge is -2.26. The first-order chi connectivity index (χ1) is 9.36. The fourth-order valence-electron chi connectivity index (χ4n) is 2.69. The van der Waals surface area contributed by atoms with Crippen molar-refractivity contribution in [2.45, 2.75) is 44.7 Å². The summed E-state index contributed by atoms with van der Waals surface area (Å²) in [6, 6.07) is 6.74. The van der Waals surface area contributed by atoms with Crippen molar-refractivity contribution in [3.8, 4) is 0 Å². The maximum Gasteiger partial charge on any atom is 0.442 e. The van der Waals surface area contributed by atoms with Crippen LogP contribution in [0.3, 0.4) is 0 Å². The van der Waals surface area contributed by atoms with Crippen molar-refractivity contribution in [3.05, 3.63) is 41.2 Å². The average Bonchev–Trinajstić information content (AvgIpc) is 2.39. The summed E-state index contributed by atoms with van der Waals surface area (Å²) in [7, 11) is 0. The normalized spacial score (nSPS) is 24.8. The van der Waals surface area contributed by atoms with Gasteiger partial charge in [0.25, 0.3) is 0 Å². The van der Waals surface area contributed by atoms with Crippen molar-refractivity contribution < 1.29 is 17.6 Å². The van der Waals surface area contributed by atoms with Gasteiger partial charge in [0.05, 0.1) is 0 Å². The Labute approximate surface area is 116 Å². The van der Waals surface area contributed by atoms with Crippen LogP contribution in [0.5, 0.6) is 0 Å². The zero-order valence-electron chi connectivity index (χ0n) is 11.4. The molecule has 20 heavy (non-hydrogen) atoms. The van der Waals surface area contributed by atoms with E-state index in [-0.39, 0.29) is 5.56 Å². The smallest absolute Gasteiger partial charge is 0.202 e. The summed E-state index contributed by atoms with van der Waals surface area (Å²) in [5.74, 6) is -0.817. The first kappa shape index (κ1) is 15.1. The molecule has 1 aliphatic carbocycles. The molecule has 0 bridgehead atoms. The largest absolute Gasteiger partial charge is 0.442 e. The molecule has 0 aromatic heterocycles. The molecule has 0 aliphatic heterocycles. The average molecular weight is 286 g/mol. The summed E-state index contributed by atoms with van der Waals surface area (Å²) in [6.45, 7) is 2.24. The standard InChI is InChI=1S/C16H18F4/c1-11-2-6-13(7-3-11)14-8-4-12(5-9-14)10-15(17)16(18,19)20/h4-5,8-11,13H,2-3,6-7H2,1H3. The number of allylic oxidation sites excluding steroid dienone is 1. The van der Waals surface area contributed by atoms with Gasteiger partial charge in [0.15, 0.2) is 0 Å². The highest BCUT2D eigenvalue weighted by molar-refractivity contribution is 5.52. The second kappa shape index (κ2) is 5.98. The molecule has 0 saturated heterocycles.